The van der Waals surface area contributed by atoms with E-state index >= 15 is 0 Å². The Balaban J connectivity index is 2.06. The van der Waals surface area contributed by atoms with E-state index in [2.05, 4.69) is 31.2 Å². The number of hydrogen-bond acceptors (Lipinski definition) is 2. The molecule has 2 rings (SSSR count). The molecule has 0 saturated heterocycles. The Morgan fingerprint density at radius 1 is 0.905 bits per heavy atom. The van der Waals surface area contributed by atoms with E-state index in [-0.39, 0.29) is 6.04 Å². The van der Waals surface area contributed by atoms with Crippen molar-refractivity contribution in [2.24, 2.45) is 5.73 Å². The lowest BCUT2D eigenvalue weighted by Crippen LogP contribution is -2.11. The van der Waals surface area contributed by atoms with Crippen LogP contribution in [-0.4, -0.2) is 6.61 Å². The molecule has 0 heterocycles. The first kappa shape index (κ1) is 15.6. The van der Waals surface area contributed by atoms with E-state index in [9.17, 15) is 0 Å². The highest BCUT2D eigenvalue weighted by Gasteiger charge is 2.09. The van der Waals surface area contributed by atoms with Crippen molar-refractivity contribution in [3.63, 3.8) is 0 Å². The Bertz CT molecular complexity index is 530. The van der Waals surface area contributed by atoms with Crippen LogP contribution in [0.15, 0.2) is 48.5 Å². The lowest BCUT2D eigenvalue weighted by molar-refractivity contribution is 0.340. The molecule has 0 bridgehead atoms. The fourth-order valence-corrected chi connectivity index (χ4v) is 2.40. The van der Waals surface area contributed by atoms with Crippen LogP contribution in [0.3, 0.4) is 0 Å². The van der Waals surface area contributed by atoms with Gasteiger partial charge in [-0.2, -0.15) is 0 Å². The molecule has 1 unspecified atom stereocenters. The zero-order chi connectivity index (χ0) is 15.1. The third kappa shape index (κ3) is 4.33. The first-order chi connectivity index (χ1) is 10.2. The van der Waals surface area contributed by atoms with Gasteiger partial charge in [0.1, 0.15) is 5.75 Å². The van der Waals surface area contributed by atoms with Crippen molar-refractivity contribution in [2.45, 2.75) is 39.2 Å². The Hall–Kier alpha value is -1.80. The summed E-state index contributed by atoms with van der Waals surface area (Å²) in [5.74, 6) is 0.892. The van der Waals surface area contributed by atoms with Gasteiger partial charge in [0, 0.05) is 0 Å². The molecular formula is C19H25NO. The number of aryl methyl sites for hydroxylation is 1. The average Bonchev–Trinajstić information content (AvgIpc) is 2.54. The van der Waals surface area contributed by atoms with E-state index in [1.165, 1.54) is 18.4 Å². The zero-order valence-corrected chi connectivity index (χ0v) is 13.0. The number of benzene rings is 2. The van der Waals surface area contributed by atoms with Crippen molar-refractivity contribution < 1.29 is 4.74 Å². The minimum atomic E-state index is -0.0825. The predicted molar refractivity (Wildman–Crippen MR) is 88.7 cm³/mol. The van der Waals surface area contributed by atoms with Gasteiger partial charge in [0.2, 0.25) is 0 Å². The molecule has 0 aromatic heterocycles. The van der Waals surface area contributed by atoms with Gasteiger partial charge in [-0.05, 0) is 48.6 Å². The van der Waals surface area contributed by atoms with Gasteiger partial charge < -0.3 is 10.5 Å². The molecule has 2 aromatic carbocycles. The monoisotopic (exact) mass is 283 g/mol. The van der Waals surface area contributed by atoms with Crippen LogP contribution in [0.1, 0.15) is 49.4 Å². The molecule has 0 aliphatic rings. The van der Waals surface area contributed by atoms with Crippen LogP contribution in [0.25, 0.3) is 0 Å². The van der Waals surface area contributed by atoms with E-state index in [0.29, 0.717) is 6.61 Å². The molecule has 21 heavy (non-hydrogen) atoms. The smallest absolute Gasteiger partial charge is 0.119 e. The molecule has 1 atom stereocenters. The summed E-state index contributed by atoms with van der Waals surface area (Å²) >= 11 is 0. The summed E-state index contributed by atoms with van der Waals surface area (Å²) in [4.78, 5) is 0. The minimum Gasteiger partial charge on any atom is -0.494 e. The summed E-state index contributed by atoms with van der Waals surface area (Å²) in [7, 11) is 0. The quantitative estimate of drug-likeness (QED) is 0.813. The van der Waals surface area contributed by atoms with Gasteiger partial charge in [0.15, 0.2) is 0 Å². The van der Waals surface area contributed by atoms with E-state index in [0.717, 1.165) is 23.3 Å². The molecular weight excluding hydrogens is 258 g/mol. The van der Waals surface area contributed by atoms with Crippen LogP contribution >= 0.6 is 0 Å². The number of unbranched alkanes of at least 4 members (excludes halogenated alkanes) is 1. The number of ether oxygens (including phenoxy) is 1. The summed E-state index contributed by atoms with van der Waals surface area (Å²) < 4.78 is 5.46. The molecule has 0 aliphatic heterocycles. The standard InChI is InChI=1S/C19H25NO/c1-3-5-6-15-7-9-16(10-8-15)19(20)17-11-13-18(14-12-17)21-4-2/h7-14,19H,3-6,20H2,1-2H3. The topological polar surface area (TPSA) is 35.2 Å². The normalized spacial score (nSPS) is 12.1. The van der Waals surface area contributed by atoms with E-state index in [1.54, 1.807) is 0 Å². The fraction of sp³-hybridized carbons (Fsp3) is 0.368. The zero-order valence-electron chi connectivity index (χ0n) is 13.0. The van der Waals surface area contributed by atoms with Crippen LogP contribution in [-0.2, 0) is 6.42 Å². The van der Waals surface area contributed by atoms with Gasteiger partial charge in [0.25, 0.3) is 0 Å². The van der Waals surface area contributed by atoms with Gasteiger partial charge in [-0.25, -0.2) is 0 Å². The first-order valence-corrected chi connectivity index (χ1v) is 7.81. The van der Waals surface area contributed by atoms with Gasteiger partial charge >= 0.3 is 0 Å². The van der Waals surface area contributed by atoms with Crippen molar-refractivity contribution in [3.05, 3.63) is 65.2 Å². The Labute approximate surface area is 127 Å². The van der Waals surface area contributed by atoms with E-state index < -0.39 is 0 Å². The second kappa shape index (κ2) is 7.84. The number of rotatable bonds is 7. The Morgan fingerprint density at radius 2 is 1.48 bits per heavy atom. The van der Waals surface area contributed by atoms with Crippen LogP contribution in [0, 0.1) is 0 Å². The summed E-state index contributed by atoms with van der Waals surface area (Å²) in [5.41, 5.74) is 10.0. The Morgan fingerprint density at radius 3 is 2.00 bits per heavy atom. The number of hydrogen-bond donors (Lipinski definition) is 1. The molecule has 0 amide bonds. The molecule has 2 aromatic rings. The van der Waals surface area contributed by atoms with Crippen LogP contribution in [0.5, 0.6) is 5.75 Å². The minimum absolute atomic E-state index is 0.0825. The first-order valence-electron chi connectivity index (χ1n) is 7.81. The lowest BCUT2D eigenvalue weighted by atomic mass is 9.97. The molecule has 2 nitrogen and oxygen atoms in total. The Kier molecular flexibility index (Phi) is 5.82. The van der Waals surface area contributed by atoms with Crippen molar-refractivity contribution in [2.75, 3.05) is 6.61 Å². The van der Waals surface area contributed by atoms with Crippen molar-refractivity contribution in [1.82, 2.24) is 0 Å². The van der Waals surface area contributed by atoms with Gasteiger partial charge in [-0.3, -0.25) is 0 Å². The molecule has 2 N–H and O–H groups in total. The van der Waals surface area contributed by atoms with Crippen molar-refractivity contribution >= 4 is 0 Å². The second-order valence-electron chi connectivity index (χ2n) is 5.32. The molecule has 112 valence electrons. The summed E-state index contributed by atoms with van der Waals surface area (Å²) in [6, 6.07) is 16.6. The predicted octanol–water partition coefficient (Wildman–Crippen LogP) is 4.48. The maximum absolute atomic E-state index is 6.35. The largest absolute Gasteiger partial charge is 0.494 e. The third-order valence-corrected chi connectivity index (χ3v) is 3.71. The van der Waals surface area contributed by atoms with Crippen molar-refractivity contribution in [3.8, 4) is 5.75 Å². The van der Waals surface area contributed by atoms with Gasteiger partial charge in [-0.1, -0.05) is 49.7 Å². The molecule has 2 heteroatoms. The molecule has 0 radical (unpaired) electrons. The van der Waals surface area contributed by atoms with E-state index in [4.69, 9.17) is 10.5 Å². The fourth-order valence-electron chi connectivity index (χ4n) is 2.40. The average molecular weight is 283 g/mol. The molecule has 0 spiro atoms. The third-order valence-electron chi connectivity index (χ3n) is 3.71. The van der Waals surface area contributed by atoms with Crippen LogP contribution in [0.2, 0.25) is 0 Å². The van der Waals surface area contributed by atoms with Gasteiger partial charge in [-0.15, -0.1) is 0 Å². The highest BCUT2D eigenvalue weighted by atomic mass is 16.5. The maximum Gasteiger partial charge on any atom is 0.119 e. The van der Waals surface area contributed by atoms with E-state index in [1.807, 2.05) is 31.2 Å². The van der Waals surface area contributed by atoms with Crippen LogP contribution in [0.4, 0.5) is 0 Å². The summed E-state index contributed by atoms with van der Waals surface area (Å²) in [5, 5.41) is 0. The van der Waals surface area contributed by atoms with Gasteiger partial charge in [0.05, 0.1) is 12.6 Å². The lowest BCUT2D eigenvalue weighted by Gasteiger charge is -2.14. The molecule has 0 fully saturated rings. The molecule has 0 saturated carbocycles. The summed E-state index contributed by atoms with van der Waals surface area (Å²) in [6.45, 7) is 4.89. The highest BCUT2D eigenvalue weighted by molar-refractivity contribution is 5.36. The summed E-state index contributed by atoms with van der Waals surface area (Å²) in [6.07, 6.45) is 3.62. The SMILES string of the molecule is CCCCc1ccc(C(N)c2ccc(OCC)cc2)cc1. The van der Waals surface area contributed by atoms with Crippen LogP contribution < -0.4 is 10.5 Å². The van der Waals surface area contributed by atoms with Crippen molar-refractivity contribution in [1.29, 1.82) is 0 Å². The maximum atomic E-state index is 6.35. The molecule has 0 aliphatic carbocycles. The number of nitrogens with two attached hydrogens (primary N) is 1. The highest BCUT2D eigenvalue weighted by Crippen LogP contribution is 2.22. The second-order valence-corrected chi connectivity index (χ2v) is 5.32.